The van der Waals surface area contributed by atoms with Gasteiger partial charge in [-0.25, -0.2) is 0 Å². The smallest absolute Gasteiger partial charge is 0.0372 e. The van der Waals surface area contributed by atoms with Crippen LogP contribution in [0.2, 0.25) is 0 Å². The van der Waals surface area contributed by atoms with Crippen molar-refractivity contribution in [1.29, 1.82) is 0 Å². The quantitative estimate of drug-likeness (QED) is 0.706. The molecule has 1 atom stereocenters. The largest absolute Gasteiger partial charge is 0.316 e. The second kappa shape index (κ2) is 3.88. The van der Waals surface area contributed by atoms with Gasteiger partial charge < -0.3 is 5.32 Å². The van der Waals surface area contributed by atoms with Crippen LogP contribution in [0, 0.1) is 6.92 Å². The fraction of sp³-hybridized carbons (Fsp3) is 0.545. The van der Waals surface area contributed by atoms with Gasteiger partial charge in [-0.3, -0.25) is 4.98 Å². The monoisotopic (exact) mass is 176 g/mol. The van der Waals surface area contributed by atoms with E-state index < -0.39 is 0 Å². The van der Waals surface area contributed by atoms with E-state index in [1.165, 1.54) is 24.9 Å². The minimum atomic E-state index is 0.682. The van der Waals surface area contributed by atoms with Crippen LogP contribution in [0.15, 0.2) is 18.3 Å². The molecule has 2 heterocycles. The van der Waals surface area contributed by atoms with E-state index in [0.717, 1.165) is 12.2 Å². The Kier molecular flexibility index (Phi) is 2.60. The standard InChI is InChI=1S/C11H16N2/c1-9-4-5-11(8-13-9)10-3-2-6-12-7-10/h4-5,8,10,12H,2-3,6-7H2,1H3/t10-/m1/s1. The SMILES string of the molecule is Cc1ccc([C@@H]2CCCNC2)cn1. The van der Waals surface area contributed by atoms with Crippen LogP contribution in [-0.4, -0.2) is 18.1 Å². The minimum Gasteiger partial charge on any atom is -0.316 e. The molecule has 1 N–H and O–H groups in total. The number of aromatic nitrogens is 1. The zero-order valence-electron chi connectivity index (χ0n) is 8.09. The summed E-state index contributed by atoms with van der Waals surface area (Å²) in [7, 11) is 0. The van der Waals surface area contributed by atoms with Crippen molar-refractivity contribution < 1.29 is 0 Å². The molecule has 1 fully saturated rings. The molecule has 0 unspecified atom stereocenters. The van der Waals surface area contributed by atoms with Gasteiger partial charge in [-0.15, -0.1) is 0 Å². The van der Waals surface area contributed by atoms with Crippen molar-refractivity contribution in [2.24, 2.45) is 0 Å². The Morgan fingerprint density at radius 1 is 1.46 bits per heavy atom. The first-order valence-electron chi connectivity index (χ1n) is 4.99. The summed E-state index contributed by atoms with van der Waals surface area (Å²) in [4.78, 5) is 4.33. The predicted octanol–water partition coefficient (Wildman–Crippen LogP) is 1.86. The van der Waals surface area contributed by atoms with Crippen molar-refractivity contribution in [3.05, 3.63) is 29.6 Å². The fourth-order valence-electron chi connectivity index (χ4n) is 1.86. The number of hydrogen-bond donors (Lipinski definition) is 1. The summed E-state index contributed by atoms with van der Waals surface area (Å²) in [6.07, 6.45) is 4.61. The first kappa shape index (κ1) is 8.70. The first-order chi connectivity index (χ1) is 6.36. The highest BCUT2D eigenvalue weighted by atomic mass is 14.9. The summed E-state index contributed by atoms with van der Waals surface area (Å²) in [6, 6.07) is 4.31. The van der Waals surface area contributed by atoms with Crippen molar-refractivity contribution >= 4 is 0 Å². The Labute approximate surface area is 79.4 Å². The van der Waals surface area contributed by atoms with Crippen molar-refractivity contribution in [2.45, 2.75) is 25.7 Å². The number of rotatable bonds is 1. The van der Waals surface area contributed by atoms with Crippen molar-refractivity contribution in [2.75, 3.05) is 13.1 Å². The molecule has 1 saturated heterocycles. The molecule has 2 rings (SSSR count). The summed E-state index contributed by atoms with van der Waals surface area (Å²) in [5.74, 6) is 0.682. The Bertz CT molecular complexity index is 260. The van der Waals surface area contributed by atoms with E-state index in [2.05, 4.69) is 22.4 Å². The lowest BCUT2D eigenvalue weighted by atomic mass is 9.93. The maximum atomic E-state index is 4.33. The van der Waals surface area contributed by atoms with Crippen molar-refractivity contribution in [3.63, 3.8) is 0 Å². The maximum absolute atomic E-state index is 4.33. The third-order valence-corrected chi connectivity index (χ3v) is 2.70. The van der Waals surface area contributed by atoms with Gasteiger partial charge in [-0.05, 0) is 43.9 Å². The van der Waals surface area contributed by atoms with Gasteiger partial charge in [0.2, 0.25) is 0 Å². The second-order valence-corrected chi connectivity index (χ2v) is 3.78. The molecule has 1 aromatic rings. The highest BCUT2D eigenvalue weighted by Gasteiger charge is 2.14. The number of pyridine rings is 1. The highest BCUT2D eigenvalue weighted by molar-refractivity contribution is 5.18. The van der Waals surface area contributed by atoms with Gasteiger partial charge in [0, 0.05) is 18.4 Å². The summed E-state index contributed by atoms with van der Waals surface area (Å²) < 4.78 is 0. The average Bonchev–Trinajstić information content (AvgIpc) is 2.20. The van der Waals surface area contributed by atoms with Crippen LogP contribution < -0.4 is 5.32 Å². The fourth-order valence-corrected chi connectivity index (χ4v) is 1.86. The zero-order valence-corrected chi connectivity index (χ0v) is 8.09. The van der Waals surface area contributed by atoms with Crippen LogP contribution in [0.5, 0.6) is 0 Å². The van der Waals surface area contributed by atoms with E-state index in [9.17, 15) is 0 Å². The zero-order chi connectivity index (χ0) is 9.10. The minimum absolute atomic E-state index is 0.682. The van der Waals surface area contributed by atoms with Gasteiger partial charge in [0.1, 0.15) is 0 Å². The maximum Gasteiger partial charge on any atom is 0.0372 e. The molecule has 13 heavy (non-hydrogen) atoms. The average molecular weight is 176 g/mol. The summed E-state index contributed by atoms with van der Waals surface area (Å²) in [5.41, 5.74) is 2.49. The van der Waals surface area contributed by atoms with Crippen LogP contribution in [0.1, 0.15) is 30.0 Å². The summed E-state index contributed by atoms with van der Waals surface area (Å²) in [5, 5.41) is 3.42. The molecule has 0 aromatic carbocycles. The molecule has 2 heteroatoms. The lowest BCUT2D eigenvalue weighted by molar-refractivity contribution is 0.461. The van der Waals surface area contributed by atoms with Gasteiger partial charge in [0.15, 0.2) is 0 Å². The van der Waals surface area contributed by atoms with E-state index in [1.807, 2.05) is 13.1 Å². The third-order valence-electron chi connectivity index (χ3n) is 2.70. The highest BCUT2D eigenvalue weighted by Crippen LogP contribution is 2.22. The van der Waals surface area contributed by atoms with Crippen molar-refractivity contribution in [1.82, 2.24) is 10.3 Å². The number of nitrogens with zero attached hydrogens (tertiary/aromatic N) is 1. The van der Waals surface area contributed by atoms with E-state index in [4.69, 9.17) is 0 Å². The molecule has 0 aliphatic carbocycles. The van der Waals surface area contributed by atoms with E-state index in [0.29, 0.717) is 5.92 Å². The van der Waals surface area contributed by atoms with Crippen LogP contribution in [-0.2, 0) is 0 Å². The lowest BCUT2D eigenvalue weighted by Crippen LogP contribution is -2.28. The topological polar surface area (TPSA) is 24.9 Å². The molecule has 1 aliphatic rings. The summed E-state index contributed by atoms with van der Waals surface area (Å²) in [6.45, 7) is 4.32. The third kappa shape index (κ3) is 2.07. The Balaban J connectivity index is 2.10. The van der Waals surface area contributed by atoms with Gasteiger partial charge in [0.25, 0.3) is 0 Å². The lowest BCUT2D eigenvalue weighted by Gasteiger charge is -2.22. The van der Waals surface area contributed by atoms with Crippen LogP contribution in [0.3, 0.4) is 0 Å². The molecule has 1 aliphatic heterocycles. The first-order valence-corrected chi connectivity index (χ1v) is 4.99. The molecule has 0 spiro atoms. The number of hydrogen-bond acceptors (Lipinski definition) is 2. The Morgan fingerprint density at radius 2 is 2.38 bits per heavy atom. The Morgan fingerprint density at radius 3 is 3.00 bits per heavy atom. The summed E-state index contributed by atoms with van der Waals surface area (Å²) >= 11 is 0. The molecular formula is C11H16N2. The van der Waals surface area contributed by atoms with E-state index in [-0.39, 0.29) is 0 Å². The normalized spacial score (nSPS) is 23.0. The molecular weight excluding hydrogens is 160 g/mol. The predicted molar refractivity (Wildman–Crippen MR) is 53.8 cm³/mol. The molecule has 70 valence electrons. The molecule has 0 amide bonds. The molecule has 0 bridgehead atoms. The van der Waals surface area contributed by atoms with E-state index in [1.54, 1.807) is 0 Å². The molecule has 2 nitrogen and oxygen atoms in total. The van der Waals surface area contributed by atoms with Gasteiger partial charge >= 0.3 is 0 Å². The van der Waals surface area contributed by atoms with Gasteiger partial charge in [0.05, 0.1) is 0 Å². The van der Waals surface area contributed by atoms with Crippen molar-refractivity contribution in [3.8, 4) is 0 Å². The van der Waals surface area contributed by atoms with Crippen LogP contribution in [0.4, 0.5) is 0 Å². The molecule has 0 radical (unpaired) electrons. The number of nitrogens with one attached hydrogen (secondary N) is 1. The van der Waals surface area contributed by atoms with Gasteiger partial charge in [-0.1, -0.05) is 6.07 Å². The second-order valence-electron chi connectivity index (χ2n) is 3.78. The number of piperidine rings is 1. The molecule has 1 aromatic heterocycles. The number of aryl methyl sites for hydroxylation is 1. The van der Waals surface area contributed by atoms with E-state index >= 15 is 0 Å². The van der Waals surface area contributed by atoms with Crippen LogP contribution in [0.25, 0.3) is 0 Å². The Hall–Kier alpha value is -0.890. The molecule has 0 saturated carbocycles. The van der Waals surface area contributed by atoms with Gasteiger partial charge in [-0.2, -0.15) is 0 Å². The van der Waals surface area contributed by atoms with Crippen LogP contribution >= 0.6 is 0 Å².